The van der Waals surface area contributed by atoms with Crippen molar-refractivity contribution in [2.75, 3.05) is 26.7 Å². The second-order valence-electron chi connectivity index (χ2n) is 9.25. The highest BCUT2D eigenvalue weighted by Crippen LogP contribution is 2.30. The van der Waals surface area contributed by atoms with Gasteiger partial charge in [-0.15, -0.1) is 5.92 Å². The molecule has 3 amide bonds. The quantitative estimate of drug-likeness (QED) is 0.664. The van der Waals surface area contributed by atoms with E-state index in [1.807, 2.05) is 36.1 Å². The number of rotatable bonds is 3. The molecule has 1 aromatic heterocycles. The normalized spacial score (nSPS) is 24.5. The van der Waals surface area contributed by atoms with Crippen molar-refractivity contribution >= 4 is 28.8 Å². The van der Waals surface area contributed by atoms with Gasteiger partial charge in [-0.05, 0) is 32.8 Å². The third-order valence-corrected chi connectivity index (χ3v) is 6.88. The Morgan fingerprint density at radius 1 is 1.20 bits per heavy atom. The van der Waals surface area contributed by atoms with E-state index in [0.717, 1.165) is 36.0 Å². The number of piperidine rings is 1. The van der Waals surface area contributed by atoms with Crippen LogP contribution in [-0.2, 0) is 11.3 Å². The molecule has 0 bridgehead atoms. The minimum atomic E-state index is -0.659. The van der Waals surface area contributed by atoms with E-state index in [1.165, 1.54) is 9.80 Å². The van der Waals surface area contributed by atoms with Crippen LogP contribution < -0.4 is 5.73 Å². The third kappa shape index (κ3) is 4.06. The molecule has 3 unspecified atom stereocenters. The molecule has 4 heterocycles. The van der Waals surface area contributed by atoms with E-state index < -0.39 is 18.2 Å². The fourth-order valence-electron chi connectivity index (χ4n) is 5.11. The summed E-state index contributed by atoms with van der Waals surface area (Å²) in [5, 5.41) is 0.947. The monoisotopic (exact) mass is 474 g/mol. The van der Waals surface area contributed by atoms with Crippen molar-refractivity contribution in [3.05, 3.63) is 35.8 Å². The van der Waals surface area contributed by atoms with Gasteiger partial charge in [0.15, 0.2) is 18.2 Å². The van der Waals surface area contributed by atoms with Crippen LogP contribution in [0.4, 0.5) is 4.79 Å². The van der Waals surface area contributed by atoms with Crippen LogP contribution in [0.25, 0.3) is 10.9 Å². The highest BCUT2D eigenvalue weighted by Gasteiger charge is 2.53. The molecule has 1 aromatic carbocycles. The lowest BCUT2D eigenvalue weighted by atomic mass is 10.1. The van der Waals surface area contributed by atoms with Crippen LogP contribution in [0.2, 0.25) is 0 Å². The summed E-state index contributed by atoms with van der Waals surface area (Å²) in [5.74, 6) is 6.79. The van der Waals surface area contributed by atoms with Crippen LogP contribution in [-0.4, -0.2) is 92.4 Å². The highest BCUT2D eigenvalue weighted by atomic mass is 16.2. The number of guanidine groups is 1. The number of aryl methyl sites for hydroxylation is 1. The first kappa shape index (κ1) is 23.1. The van der Waals surface area contributed by atoms with E-state index in [2.05, 4.69) is 26.7 Å². The van der Waals surface area contributed by atoms with Crippen molar-refractivity contribution in [2.45, 2.75) is 51.5 Å². The number of imide groups is 1. The summed E-state index contributed by atoms with van der Waals surface area (Å²) in [5.41, 5.74) is 7.81. The molecule has 182 valence electrons. The van der Waals surface area contributed by atoms with Crippen molar-refractivity contribution in [3.63, 3.8) is 0 Å². The standard InChI is InChI=1S/C25H30N8O2/c1-4-5-13-32-21-22(29-24(32)31-12-8-9-17(26)14-31)30(3)25(35)33(23(21)34)15-20-27-16(2)18-10-6-7-11-19(18)28-20/h6-7,10-11,17,21-22H,8-9,12-15,26H2,1-3H3. The molecule has 3 aliphatic heterocycles. The molecule has 2 aromatic rings. The van der Waals surface area contributed by atoms with Gasteiger partial charge in [0.1, 0.15) is 5.82 Å². The largest absolute Gasteiger partial charge is 0.341 e. The summed E-state index contributed by atoms with van der Waals surface area (Å²) in [6, 6.07) is 6.69. The first-order valence-corrected chi connectivity index (χ1v) is 11.9. The van der Waals surface area contributed by atoms with Crippen molar-refractivity contribution in [3.8, 4) is 11.8 Å². The Hall–Kier alpha value is -3.71. The molecule has 3 atom stereocenters. The summed E-state index contributed by atoms with van der Waals surface area (Å²) in [7, 11) is 1.68. The summed E-state index contributed by atoms with van der Waals surface area (Å²) >= 11 is 0. The van der Waals surface area contributed by atoms with E-state index in [-0.39, 0.29) is 18.5 Å². The van der Waals surface area contributed by atoms with Crippen LogP contribution in [0.3, 0.4) is 0 Å². The van der Waals surface area contributed by atoms with Crippen LogP contribution in [0, 0.1) is 18.8 Å². The van der Waals surface area contributed by atoms with E-state index >= 15 is 0 Å². The zero-order valence-electron chi connectivity index (χ0n) is 20.3. The number of hydrogen-bond acceptors (Lipinski definition) is 8. The Kier molecular flexibility index (Phi) is 6.03. The van der Waals surface area contributed by atoms with Gasteiger partial charge in [0.05, 0.1) is 18.6 Å². The molecular weight excluding hydrogens is 444 g/mol. The van der Waals surface area contributed by atoms with Gasteiger partial charge < -0.3 is 20.4 Å². The molecule has 0 radical (unpaired) electrons. The molecule has 10 nitrogen and oxygen atoms in total. The molecule has 2 saturated heterocycles. The summed E-state index contributed by atoms with van der Waals surface area (Å²) in [4.78, 5) is 48.0. The first-order chi connectivity index (χ1) is 16.9. The lowest BCUT2D eigenvalue weighted by Gasteiger charge is -2.41. The number of likely N-dealkylation sites (N-methyl/N-ethyl adjacent to an activating group) is 1. The first-order valence-electron chi connectivity index (χ1n) is 11.9. The Balaban J connectivity index is 1.46. The molecule has 5 rings (SSSR count). The number of carbonyl (C=O) groups excluding carboxylic acids is 2. The third-order valence-electron chi connectivity index (χ3n) is 6.88. The van der Waals surface area contributed by atoms with Crippen molar-refractivity contribution in [1.29, 1.82) is 0 Å². The van der Waals surface area contributed by atoms with Crippen LogP contribution in [0.15, 0.2) is 29.3 Å². The maximum Gasteiger partial charge on any atom is 0.328 e. The summed E-state index contributed by atoms with van der Waals surface area (Å²) < 4.78 is 0. The molecule has 0 saturated carbocycles. The molecule has 2 fully saturated rings. The Morgan fingerprint density at radius 3 is 2.77 bits per heavy atom. The number of fused-ring (bicyclic) bond motifs is 2. The SMILES string of the molecule is CC#CCN1C(N2CCCC(N)C2)=NC2C1C(=O)N(Cc1nc(C)c3ccccc3n1)C(=O)N2C. The maximum absolute atomic E-state index is 13.8. The zero-order valence-corrected chi connectivity index (χ0v) is 20.3. The number of para-hydroxylation sites is 1. The van der Waals surface area contributed by atoms with Crippen LogP contribution in [0.1, 0.15) is 31.3 Å². The van der Waals surface area contributed by atoms with Gasteiger partial charge in [0, 0.05) is 37.3 Å². The van der Waals surface area contributed by atoms with Gasteiger partial charge in [-0.2, -0.15) is 0 Å². The molecule has 2 N–H and O–H groups in total. The number of aromatic nitrogens is 2. The van der Waals surface area contributed by atoms with E-state index in [4.69, 9.17) is 10.7 Å². The summed E-state index contributed by atoms with van der Waals surface area (Å²) in [6.45, 7) is 5.48. The van der Waals surface area contributed by atoms with Gasteiger partial charge in [0.25, 0.3) is 5.91 Å². The van der Waals surface area contributed by atoms with Crippen molar-refractivity contribution < 1.29 is 9.59 Å². The van der Waals surface area contributed by atoms with Gasteiger partial charge in [-0.25, -0.2) is 19.8 Å². The van der Waals surface area contributed by atoms with E-state index in [1.54, 1.807) is 14.0 Å². The molecule has 0 spiro atoms. The zero-order chi connectivity index (χ0) is 24.7. The van der Waals surface area contributed by atoms with Gasteiger partial charge in [-0.3, -0.25) is 9.69 Å². The minimum Gasteiger partial charge on any atom is -0.341 e. The lowest BCUT2D eigenvalue weighted by Crippen LogP contribution is -2.65. The maximum atomic E-state index is 13.8. The topological polar surface area (TPSA) is 111 Å². The second kappa shape index (κ2) is 9.15. The molecule has 0 aliphatic carbocycles. The second-order valence-corrected chi connectivity index (χ2v) is 9.25. The Labute approximate surface area is 204 Å². The fourth-order valence-corrected chi connectivity index (χ4v) is 5.11. The van der Waals surface area contributed by atoms with E-state index in [9.17, 15) is 9.59 Å². The number of carbonyl (C=O) groups is 2. The molecule has 3 aliphatic rings. The smallest absolute Gasteiger partial charge is 0.328 e. The number of likely N-dealkylation sites (tertiary alicyclic amines) is 1. The number of nitrogens with two attached hydrogens (primary N) is 1. The average molecular weight is 475 g/mol. The fraction of sp³-hybridized carbons (Fsp3) is 0.480. The van der Waals surface area contributed by atoms with Gasteiger partial charge >= 0.3 is 6.03 Å². The van der Waals surface area contributed by atoms with Gasteiger partial charge in [0.2, 0.25) is 0 Å². The Morgan fingerprint density at radius 2 is 2.00 bits per heavy atom. The number of nitrogens with zero attached hydrogens (tertiary/aromatic N) is 7. The van der Waals surface area contributed by atoms with Crippen molar-refractivity contribution in [2.24, 2.45) is 10.7 Å². The predicted molar refractivity (Wildman–Crippen MR) is 132 cm³/mol. The number of amides is 3. The van der Waals surface area contributed by atoms with Crippen LogP contribution >= 0.6 is 0 Å². The minimum absolute atomic E-state index is 0.00583. The highest BCUT2D eigenvalue weighted by molar-refractivity contribution is 6.03. The number of aliphatic imine (C=N–C) groups is 1. The van der Waals surface area contributed by atoms with Crippen molar-refractivity contribution in [1.82, 2.24) is 29.6 Å². The average Bonchev–Trinajstić information content (AvgIpc) is 3.24. The van der Waals surface area contributed by atoms with Gasteiger partial charge in [-0.1, -0.05) is 24.1 Å². The lowest BCUT2D eigenvalue weighted by molar-refractivity contribution is -0.138. The predicted octanol–water partition coefficient (Wildman–Crippen LogP) is 1.14. The number of hydrogen-bond donors (Lipinski definition) is 1. The summed E-state index contributed by atoms with van der Waals surface area (Å²) in [6.07, 6.45) is 1.30. The van der Waals surface area contributed by atoms with E-state index in [0.29, 0.717) is 24.9 Å². The Bertz CT molecular complexity index is 1270. The molecule has 10 heteroatoms. The number of benzene rings is 1. The van der Waals surface area contributed by atoms with Crippen LogP contribution in [0.5, 0.6) is 0 Å². The molecule has 35 heavy (non-hydrogen) atoms. The molecular formula is C25H30N8O2. The number of urea groups is 1.